The van der Waals surface area contributed by atoms with Gasteiger partial charge < -0.3 is 10.6 Å². The molecule has 0 spiro atoms. The van der Waals surface area contributed by atoms with Gasteiger partial charge in [-0.05, 0) is 26.1 Å². The van der Waals surface area contributed by atoms with Gasteiger partial charge in [0, 0.05) is 31.7 Å². The van der Waals surface area contributed by atoms with Crippen LogP contribution >= 0.6 is 0 Å². The molecular formula is C12H18N4O4S. The van der Waals surface area contributed by atoms with Crippen molar-refractivity contribution in [3.8, 4) is 0 Å². The van der Waals surface area contributed by atoms with Crippen molar-refractivity contribution in [2.75, 3.05) is 32.4 Å². The molecule has 1 heterocycles. The molecule has 0 radical (unpaired) electrons. The molecule has 2 rings (SSSR count). The van der Waals surface area contributed by atoms with E-state index in [1.54, 1.807) is 0 Å². The molecule has 1 aromatic carbocycles. The lowest BCUT2D eigenvalue weighted by molar-refractivity contribution is -0.383. The molecule has 1 aliphatic rings. The van der Waals surface area contributed by atoms with Gasteiger partial charge in [-0.15, -0.1) is 0 Å². The number of hydrogen-bond acceptors (Lipinski definition) is 6. The van der Waals surface area contributed by atoms with Gasteiger partial charge in [0.1, 0.15) is 5.69 Å². The first-order chi connectivity index (χ1) is 9.73. The van der Waals surface area contributed by atoms with Crippen molar-refractivity contribution in [1.29, 1.82) is 0 Å². The molecule has 8 nitrogen and oxygen atoms in total. The van der Waals surface area contributed by atoms with Gasteiger partial charge in [0.15, 0.2) is 0 Å². The van der Waals surface area contributed by atoms with Gasteiger partial charge >= 0.3 is 0 Å². The number of nitrogens with zero attached hydrogens (tertiary/aromatic N) is 3. The normalized spacial score (nSPS) is 21.3. The van der Waals surface area contributed by atoms with E-state index in [2.05, 4.69) is 4.90 Å². The number of likely N-dealkylation sites (N-methyl/N-ethyl adjacent to an activating group) is 1. The second kappa shape index (κ2) is 5.58. The number of rotatable bonds is 3. The van der Waals surface area contributed by atoms with Crippen molar-refractivity contribution in [3.63, 3.8) is 0 Å². The second-order valence-corrected chi connectivity index (χ2v) is 7.11. The van der Waals surface area contributed by atoms with Crippen molar-refractivity contribution in [2.45, 2.75) is 17.9 Å². The van der Waals surface area contributed by atoms with Crippen LogP contribution in [0.2, 0.25) is 0 Å². The molecule has 0 bridgehead atoms. The molecular weight excluding hydrogens is 296 g/mol. The van der Waals surface area contributed by atoms with Gasteiger partial charge in [-0.3, -0.25) is 10.1 Å². The number of nitrogen functional groups attached to an aromatic ring is 1. The first-order valence-corrected chi connectivity index (χ1v) is 7.92. The molecule has 1 atom stereocenters. The molecule has 1 saturated heterocycles. The van der Waals surface area contributed by atoms with E-state index in [0.29, 0.717) is 19.6 Å². The van der Waals surface area contributed by atoms with Crippen LogP contribution in [0, 0.1) is 10.1 Å². The Morgan fingerprint density at radius 3 is 2.57 bits per heavy atom. The number of sulfonamides is 1. The summed E-state index contributed by atoms with van der Waals surface area (Å²) in [4.78, 5) is 12.2. The Hall–Kier alpha value is -1.71. The summed E-state index contributed by atoms with van der Waals surface area (Å²) >= 11 is 0. The van der Waals surface area contributed by atoms with E-state index in [-0.39, 0.29) is 22.3 Å². The number of nitro benzene ring substituents is 1. The summed E-state index contributed by atoms with van der Waals surface area (Å²) in [5.41, 5.74) is 5.12. The van der Waals surface area contributed by atoms with Crippen LogP contribution in [-0.4, -0.2) is 55.3 Å². The zero-order valence-corrected chi connectivity index (χ0v) is 12.7. The molecule has 1 fully saturated rings. The smallest absolute Gasteiger partial charge is 0.292 e. The minimum absolute atomic E-state index is 0.0117. The highest BCUT2D eigenvalue weighted by molar-refractivity contribution is 7.89. The molecule has 2 N–H and O–H groups in total. The second-order valence-electron chi connectivity index (χ2n) is 5.17. The Morgan fingerprint density at radius 1 is 1.38 bits per heavy atom. The van der Waals surface area contributed by atoms with E-state index in [4.69, 9.17) is 5.73 Å². The highest BCUT2D eigenvalue weighted by Gasteiger charge is 2.31. The van der Waals surface area contributed by atoms with E-state index in [9.17, 15) is 18.5 Å². The summed E-state index contributed by atoms with van der Waals surface area (Å²) in [7, 11) is -1.74. The van der Waals surface area contributed by atoms with Crippen LogP contribution in [0.1, 0.15) is 6.92 Å². The van der Waals surface area contributed by atoms with E-state index >= 15 is 0 Å². The minimum atomic E-state index is -3.68. The van der Waals surface area contributed by atoms with Gasteiger partial charge in [0.05, 0.1) is 9.82 Å². The number of nitrogens with two attached hydrogens (primary N) is 1. The summed E-state index contributed by atoms with van der Waals surface area (Å²) in [6.45, 7) is 3.37. The number of nitro groups is 1. The van der Waals surface area contributed by atoms with Gasteiger partial charge in [0.25, 0.3) is 5.69 Å². The van der Waals surface area contributed by atoms with Crippen LogP contribution in [0.25, 0.3) is 0 Å². The fraction of sp³-hybridized carbons (Fsp3) is 0.500. The molecule has 1 unspecified atom stereocenters. The monoisotopic (exact) mass is 314 g/mol. The fourth-order valence-electron chi connectivity index (χ4n) is 2.24. The maximum absolute atomic E-state index is 12.6. The lowest BCUT2D eigenvalue weighted by atomic mass is 10.2. The molecule has 116 valence electrons. The van der Waals surface area contributed by atoms with Crippen molar-refractivity contribution in [3.05, 3.63) is 28.3 Å². The molecule has 0 aromatic heterocycles. The molecule has 0 amide bonds. The summed E-state index contributed by atoms with van der Waals surface area (Å²) in [6, 6.07) is 3.62. The number of benzene rings is 1. The van der Waals surface area contributed by atoms with E-state index < -0.39 is 14.9 Å². The molecule has 1 aromatic rings. The molecule has 0 aliphatic carbocycles. The zero-order chi connectivity index (χ0) is 15.8. The van der Waals surface area contributed by atoms with Gasteiger partial charge in [0.2, 0.25) is 10.0 Å². The van der Waals surface area contributed by atoms with Crippen LogP contribution in [0.5, 0.6) is 0 Å². The SMILES string of the molecule is CC1CN(S(=O)(=O)c2ccc([N+](=O)[O-])c(N)c2)CCN1C. The Kier molecular flexibility index (Phi) is 4.17. The first kappa shape index (κ1) is 15.7. The van der Waals surface area contributed by atoms with Gasteiger partial charge in [-0.25, -0.2) is 8.42 Å². The first-order valence-electron chi connectivity index (χ1n) is 6.48. The summed E-state index contributed by atoms with van der Waals surface area (Å²) in [5.74, 6) is 0. The topological polar surface area (TPSA) is 110 Å². The minimum Gasteiger partial charge on any atom is -0.393 e. The summed E-state index contributed by atoms with van der Waals surface area (Å²) < 4.78 is 26.5. The van der Waals surface area contributed by atoms with Crippen molar-refractivity contribution in [2.24, 2.45) is 0 Å². The third kappa shape index (κ3) is 2.99. The van der Waals surface area contributed by atoms with E-state index in [0.717, 1.165) is 12.1 Å². The van der Waals surface area contributed by atoms with Crippen LogP contribution in [0.15, 0.2) is 23.1 Å². The van der Waals surface area contributed by atoms with Crippen LogP contribution in [0.3, 0.4) is 0 Å². The lowest BCUT2D eigenvalue weighted by Crippen LogP contribution is -2.51. The quantitative estimate of drug-likeness (QED) is 0.494. The summed E-state index contributed by atoms with van der Waals surface area (Å²) in [6.07, 6.45) is 0. The van der Waals surface area contributed by atoms with E-state index in [1.807, 2.05) is 14.0 Å². The highest BCUT2D eigenvalue weighted by Crippen LogP contribution is 2.27. The number of anilines is 1. The fourth-order valence-corrected chi connectivity index (χ4v) is 3.79. The number of hydrogen-bond donors (Lipinski definition) is 1. The Bertz CT molecular complexity index is 661. The Morgan fingerprint density at radius 2 is 2.05 bits per heavy atom. The Labute approximate surface area is 123 Å². The van der Waals surface area contributed by atoms with Crippen LogP contribution < -0.4 is 5.73 Å². The highest BCUT2D eigenvalue weighted by atomic mass is 32.2. The third-order valence-corrected chi connectivity index (χ3v) is 5.62. The lowest BCUT2D eigenvalue weighted by Gasteiger charge is -2.36. The molecule has 1 aliphatic heterocycles. The van der Waals surface area contributed by atoms with Gasteiger partial charge in [-0.2, -0.15) is 4.31 Å². The predicted molar refractivity (Wildman–Crippen MR) is 78.4 cm³/mol. The standard InChI is InChI=1S/C12H18N4O4S/c1-9-8-15(6-5-14(9)2)21(19,20)10-3-4-12(16(17)18)11(13)7-10/h3-4,7,9H,5-6,8,13H2,1-2H3. The van der Waals surface area contributed by atoms with Crippen LogP contribution in [-0.2, 0) is 10.0 Å². The molecule has 21 heavy (non-hydrogen) atoms. The maximum atomic E-state index is 12.6. The average Bonchev–Trinajstić information content (AvgIpc) is 2.41. The maximum Gasteiger partial charge on any atom is 0.292 e. The third-order valence-electron chi connectivity index (χ3n) is 3.76. The molecule has 9 heteroatoms. The van der Waals surface area contributed by atoms with Gasteiger partial charge in [-0.1, -0.05) is 0 Å². The Balaban J connectivity index is 2.32. The number of piperazine rings is 1. The predicted octanol–water partition coefficient (Wildman–Crippen LogP) is 0.502. The van der Waals surface area contributed by atoms with Crippen LogP contribution in [0.4, 0.5) is 11.4 Å². The summed E-state index contributed by atoms with van der Waals surface area (Å²) in [5, 5.41) is 10.7. The largest absolute Gasteiger partial charge is 0.393 e. The van der Waals surface area contributed by atoms with Crippen molar-refractivity contribution in [1.82, 2.24) is 9.21 Å². The average molecular weight is 314 g/mol. The molecule has 0 saturated carbocycles. The van der Waals surface area contributed by atoms with Crippen molar-refractivity contribution < 1.29 is 13.3 Å². The zero-order valence-electron chi connectivity index (χ0n) is 11.9. The van der Waals surface area contributed by atoms with Crippen molar-refractivity contribution >= 4 is 21.4 Å². The van der Waals surface area contributed by atoms with E-state index in [1.165, 1.54) is 10.4 Å².